The van der Waals surface area contributed by atoms with Gasteiger partial charge in [0.2, 0.25) is 0 Å². The van der Waals surface area contributed by atoms with E-state index in [1.54, 1.807) is 19.2 Å². The third kappa shape index (κ3) is 8.86. The summed E-state index contributed by atoms with van der Waals surface area (Å²) in [6.07, 6.45) is 3.73. The fraction of sp³-hybridized carbons (Fsp3) is 0.682. The maximum Gasteiger partial charge on any atom is 0.387 e. The summed E-state index contributed by atoms with van der Waals surface area (Å²) in [5.41, 5.74) is 0.860. The van der Waals surface area contributed by atoms with Crippen LogP contribution in [0.5, 0.6) is 11.5 Å². The highest BCUT2D eigenvalue weighted by molar-refractivity contribution is 5.80. The molecule has 7 nitrogen and oxygen atoms in total. The Hall–Kier alpha value is -2.13. The summed E-state index contributed by atoms with van der Waals surface area (Å²) in [4.78, 5) is 6.98. The molecule has 1 aliphatic rings. The van der Waals surface area contributed by atoms with Crippen LogP contribution in [0, 0.1) is 0 Å². The van der Waals surface area contributed by atoms with E-state index < -0.39 is 6.61 Å². The quantitative estimate of drug-likeness (QED) is 0.304. The molecule has 1 N–H and O–H groups in total. The first kappa shape index (κ1) is 25.1. The number of guanidine groups is 1. The van der Waals surface area contributed by atoms with Crippen LogP contribution in [0.25, 0.3) is 0 Å². The zero-order valence-electron chi connectivity index (χ0n) is 18.7. The van der Waals surface area contributed by atoms with Crippen LogP contribution in [0.15, 0.2) is 23.2 Å². The molecule has 9 heteroatoms. The Labute approximate surface area is 183 Å². The van der Waals surface area contributed by atoms with Crippen LogP contribution >= 0.6 is 0 Å². The molecule has 176 valence electrons. The number of nitrogens with one attached hydrogen (secondary N) is 1. The summed E-state index contributed by atoms with van der Waals surface area (Å²) in [5.74, 6) is 1.20. The van der Waals surface area contributed by atoms with Crippen LogP contribution in [0.3, 0.4) is 0 Å². The van der Waals surface area contributed by atoms with Crippen molar-refractivity contribution < 1.29 is 27.7 Å². The Morgan fingerprint density at radius 2 is 1.97 bits per heavy atom. The van der Waals surface area contributed by atoms with Crippen LogP contribution in [-0.2, 0) is 15.9 Å². The number of aliphatic imine (C=N–C) groups is 1. The molecule has 1 saturated heterocycles. The van der Waals surface area contributed by atoms with Gasteiger partial charge in [0.1, 0.15) is 0 Å². The van der Waals surface area contributed by atoms with Crippen LogP contribution < -0.4 is 14.8 Å². The van der Waals surface area contributed by atoms with Crippen molar-refractivity contribution in [1.29, 1.82) is 0 Å². The topological polar surface area (TPSA) is 64.6 Å². The predicted octanol–water partition coefficient (Wildman–Crippen LogP) is 3.32. The number of halogens is 2. The van der Waals surface area contributed by atoms with E-state index >= 15 is 0 Å². The molecular formula is C22H35F2N3O4. The number of benzene rings is 1. The van der Waals surface area contributed by atoms with Crippen molar-refractivity contribution in [3.63, 3.8) is 0 Å². The third-order valence-electron chi connectivity index (χ3n) is 5.03. The Bertz CT molecular complexity index is 668. The average Bonchev–Trinajstić information content (AvgIpc) is 2.76. The molecule has 0 spiro atoms. The number of ether oxygens (including phenoxy) is 4. The molecule has 1 aliphatic heterocycles. The van der Waals surface area contributed by atoms with Gasteiger partial charge in [0, 0.05) is 46.5 Å². The number of nitrogens with zero attached hydrogens (tertiary/aromatic N) is 2. The molecule has 1 aromatic carbocycles. The first-order chi connectivity index (χ1) is 15.1. The second kappa shape index (κ2) is 14.0. The predicted molar refractivity (Wildman–Crippen MR) is 116 cm³/mol. The van der Waals surface area contributed by atoms with Gasteiger partial charge in [0.25, 0.3) is 0 Å². The summed E-state index contributed by atoms with van der Waals surface area (Å²) >= 11 is 0. The van der Waals surface area contributed by atoms with E-state index in [1.807, 2.05) is 13.0 Å². The Kier molecular flexibility index (Phi) is 11.4. The second-order valence-electron chi connectivity index (χ2n) is 7.25. The molecule has 2 rings (SSSR count). The average molecular weight is 444 g/mol. The highest BCUT2D eigenvalue weighted by atomic mass is 19.3. The van der Waals surface area contributed by atoms with Gasteiger partial charge < -0.3 is 29.2 Å². The van der Waals surface area contributed by atoms with Crippen LogP contribution in [-0.4, -0.2) is 77.2 Å². The number of piperidine rings is 1. The maximum absolute atomic E-state index is 12.6. The number of methoxy groups -OCH3 is 2. The van der Waals surface area contributed by atoms with Gasteiger partial charge in [-0.15, -0.1) is 0 Å². The van der Waals surface area contributed by atoms with Crippen molar-refractivity contribution in [3.05, 3.63) is 23.8 Å². The highest BCUT2D eigenvalue weighted by Crippen LogP contribution is 2.29. The van der Waals surface area contributed by atoms with E-state index in [9.17, 15) is 8.78 Å². The molecule has 0 aromatic heterocycles. The SMILES string of the molecule is CCNC(=NCCc1ccc(OC)c(OC(F)F)c1)N1CCC(OCCCOC)CC1. The van der Waals surface area contributed by atoms with Crippen molar-refractivity contribution in [3.8, 4) is 11.5 Å². The minimum Gasteiger partial charge on any atom is -0.493 e. The van der Waals surface area contributed by atoms with Crippen molar-refractivity contribution in [1.82, 2.24) is 10.2 Å². The van der Waals surface area contributed by atoms with Crippen LogP contribution in [0.1, 0.15) is 31.7 Å². The fourth-order valence-electron chi connectivity index (χ4n) is 3.47. The molecule has 1 aromatic rings. The number of hydrogen-bond acceptors (Lipinski definition) is 5. The minimum atomic E-state index is -2.89. The molecule has 0 atom stereocenters. The standard InChI is InChI=1S/C22H35F2N3O4/c1-4-25-22(27-12-9-18(10-13-27)30-15-5-14-28-2)26-11-8-17-6-7-19(29-3)20(16-17)31-21(23)24/h6-7,16,18,21H,4-5,8-15H2,1-3H3,(H,25,26). The van der Waals surface area contributed by atoms with E-state index in [4.69, 9.17) is 19.2 Å². The first-order valence-electron chi connectivity index (χ1n) is 10.8. The van der Waals surface area contributed by atoms with Gasteiger partial charge in [-0.05, 0) is 50.3 Å². The van der Waals surface area contributed by atoms with Crippen LogP contribution in [0.4, 0.5) is 8.78 Å². The fourth-order valence-corrected chi connectivity index (χ4v) is 3.47. The number of hydrogen-bond donors (Lipinski definition) is 1. The molecule has 1 fully saturated rings. The highest BCUT2D eigenvalue weighted by Gasteiger charge is 2.21. The third-order valence-corrected chi connectivity index (χ3v) is 5.03. The summed E-state index contributed by atoms with van der Waals surface area (Å²) in [6.45, 7) is 3.68. The van der Waals surface area contributed by atoms with Gasteiger partial charge in [-0.25, -0.2) is 0 Å². The molecule has 0 bridgehead atoms. The lowest BCUT2D eigenvalue weighted by atomic mass is 10.1. The van der Waals surface area contributed by atoms with Gasteiger partial charge in [-0.1, -0.05) is 6.07 Å². The molecule has 0 radical (unpaired) electrons. The van der Waals surface area contributed by atoms with Gasteiger partial charge in [0.15, 0.2) is 17.5 Å². The normalized spacial score (nSPS) is 15.4. The number of alkyl halides is 2. The second-order valence-corrected chi connectivity index (χ2v) is 7.25. The largest absolute Gasteiger partial charge is 0.493 e. The van der Waals surface area contributed by atoms with Crippen molar-refractivity contribution in [2.45, 2.75) is 45.3 Å². The smallest absolute Gasteiger partial charge is 0.387 e. The summed E-state index contributed by atoms with van der Waals surface area (Å²) in [7, 11) is 3.12. The van der Waals surface area contributed by atoms with Crippen molar-refractivity contribution >= 4 is 5.96 Å². The maximum atomic E-state index is 12.6. The van der Waals surface area contributed by atoms with Gasteiger partial charge >= 0.3 is 6.61 Å². The Morgan fingerprint density at radius 1 is 1.19 bits per heavy atom. The minimum absolute atomic E-state index is 0.0402. The van der Waals surface area contributed by atoms with Gasteiger partial charge in [-0.2, -0.15) is 8.78 Å². The summed E-state index contributed by atoms with van der Waals surface area (Å²) in [6, 6.07) is 5.06. The monoisotopic (exact) mass is 443 g/mol. The Morgan fingerprint density at radius 3 is 2.61 bits per heavy atom. The van der Waals surface area contributed by atoms with E-state index in [-0.39, 0.29) is 17.6 Å². The zero-order chi connectivity index (χ0) is 22.5. The molecular weight excluding hydrogens is 408 g/mol. The molecule has 0 saturated carbocycles. The van der Waals surface area contributed by atoms with Crippen molar-refractivity contribution in [2.75, 3.05) is 53.6 Å². The van der Waals surface area contributed by atoms with E-state index in [1.165, 1.54) is 7.11 Å². The molecule has 0 unspecified atom stereocenters. The number of likely N-dealkylation sites (tertiary alicyclic amines) is 1. The first-order valence-corrected chi connectivity index (χ1v) is 10.8. The van der Waals surface area contributed by atoms with E-state index in [0.717, 1.165) is 63.6 Å². The summed E-state index contributed by atoms with van der Waals surface area (Å²) < 4.78 is 45.9. The van der Waals surface area contributed by atoms with Gasteiger partial charge in [0.05, 0.1) is 13.2 Å². The lowest BCUT2D eigenvalue weighted by Crippen LogP contribution is -2.47. The number of rotatable bonds is 12. The lowest BCUT2D eigenvalue weighted by Gasteiger charge is -2.34. The summed E-state index contributed by atoms with van der Waals surface area (Å²) in [5, 5.41) is 3.34. The van der Waals surface area contributed by atoms with Gasteiger partial charge in [-0.3, -0.25) is 4.99 Å². The molecule has 0 amide bonds. The zero-order valence-corrected chi connectivity index (χ0v) is 18.7. The molecule has 31 heavy (non-hydrogen) atoms. The Balaban J connectivity index is 1.87. The van der Waals surface area contributed by atoms with E-state index in [2.05, 4.69) is 15.0 Å². The molecule has 1 heterocycles. The van der Waals surface area contributed by atoms with Crippen LogP contribution in [0.2, 0.25) is 0 Å². The van der Waals surface area contributed by atoms with Crippen molar-refractivity contribution in [2.24, 2.45) is 4.99 Å². The lowest BCUT2D eigenvalue weighted by molar-refractivity contribution is -0.0512. The van der Waals surface area contributed by atoms with E-state index in [0.29, 0.717) is 13.0 Å². The molecule has 0 aliphatic carbocycles.